The van der Waals surface area contributed by atoms with Crippen LogP contribution in [0.5, 0.6) is 0 Å². The maximum absolute atomic E-state index is 8.99. The van der Waals surface area contributed by atoms with E-state index in [1.807, 2.05) is 57.4 Å². The summed E-state index contributed by atoms with van der Waals surface area (Å²) >= 11 is 0. The fourth-order valence-corrected chi connectivity index (χ4v) is 1.40. The number of aryl methyl sites for hydroxylation is 1. The van der Waals surface area contributed by atoms with Crippen LogP contribution in [0.4, 0.5) is 0 Å². The van der Waals surface area contributed by atoms with Gasteiger partial charge in [0.2, 0.25) is 0 Å². The molecular formula is C13H18N2O. The molecule has 86 valence electrons. The molecule has 0 saturated heterocycles. The molecule has 0 aliphatic heterocycles. The molecule has 0 radical (unpaired) electrons. The van der Waals surface area contributed by atoms with E-state index in [-0.39, 0.29) is 6.61 Å². The highest BCUT2D eigenvalue weighted by molar-refractivity contribution is 5.59. The lowest BCUT2D eigenvalue weighted by Crippen LogP contribution is -1.89. The Morgan fingerprint density at radius 2 is 2.00 bits per heavy atom. The van der Waals surface area contributed by atoms with E-state index in [4.69, 9.17) is 5.11 Å². The number of rotatable bonds is 2. The van der Waals surface area contributed by atoms with Crippen LogP contribution in [0.15, 0.2) is 36.5 Å². The second-order valence-electron chi connectivity index (χ2n) is 3.23. The first-order chi connectivity index (χ1) is 7.79. The van der Waals surface area contributed by atoms with Crippen molar-refractivity contribution in [2.45, 2.75) is 20.5 Å². The minimum Gasteiger partial charge on any atom is -0.392 e. The average molecular weight is 218 g/mol. The molecule has 0 fully saturated rings. The maximum atomic E-state index is 8.99. The summed E-state index contributed by atoms with van der Waals surface area (Å²) in [4.78, 5) is 0. The Morgan fingerprint density at radius 3 is 2.56 bits per heavy atom. The predicted molar refractivity (Wildman–Crippen MR) is 65.9 cm³/mol. The number of hydrogen-bond acceptors (Lipinski definition) is 2. The van der Waals surface area contributed by atoms with Crippen LogP contribution in [0.1, 0.15) is 19.4 Å². The minimum absolute atomic E-state index is 0.0701. The summed E-state index contributed by atoms with van der Waals surface area (Å²) in [6.07, 6.45) is 1.90. The standard InChI is InChI=1S/C11H12N2O.C2H6/c1-13-6-5-11(12-13)10-4-2-3-9(7-10)8-14;1-2/h2-7,14H,8H2,1H3;1-2H3. The van der Waals surface area contributed by atoms with Crippen molar-refractivity contribution in [1.29, 1.82) is 0 Å². The van der Waals surface area contributed by atoms with Gasteiger partial charge in [-0.25, -0.2) is 0 Å². The third-order valence-corrected chi connectivity index (χ3v) is 2.12. The van der Waals surface area contributed by atoms with Gasteiger partial charge >= 0.3 is 0 Å². The van der Waals surface area contributed by atoms with Crippen molar-refractivity contribution in [3.05, 3.63) is 42.1 Å². The third kappa shape index (κ3) is 2.94. The molecule has 1 aromatic carbocycles. The van der Waals surface area contributed by atoms with E-state index < -0.39 is 0 Å². The van der Waals surface area contributed by atoms with Gasteiger partial charge in [0.25, 0.3) is 0 Å². The van der Waals surface area contributed by atoms with Crippen LogP contribution in [0.25, 0.3) is 11.3 Å². The van der Waals surface area contributed by atoms with Crippen molar-refractivity contribution < 1.29 is 5.11 Å². The van der Waals surface area contributed by atoms with Crippen LogP contribution < -0.4 is 0 Å². The molecule has 0 unspecified atom stereocenters. The molecule has 0 spiro atoms. The summed E-state index contributed by atoms with van der Waals surface area (Å²) in [6, 6.07) is 9.71. The van der Waals surface area contributed by atoms with Crippen molar-refractivity contribution in [2.75, 3.05) is 0 Å². The summed E-state index contributed by atoms with van der Waals surface area (Å²) in [5.74, 6) is 0. The fourth-order valence-electron chi connectivity index (χ4n) is 1.40. The zero-order valence-corrected chi connectivity index (χ0v) is 10.0. The van der Waals surface area contributed by atoms with Gasteiger partial charge in [0.1, 0.15) is 0 Å². The van der Waals surface area contributed by atoms with Crippen LogP contribution >= 0.6 is 0 Å². The molecule has 0 bridgehead atoms. The zero-order chi connectivity index (χ0) is 12.0. The molecule has 2 rings (SSSR count). The smallest absolute Gasteiger partial charge is 0.0923 e. The Morgan fingerprint density at radius 1 is 1.25 bits per heavy atom. The van der Waals surface area contributed by atoms with Gasteiger partial charge in [-0.05, 0) is 17.7 Å². The molecule has 1 N–H and O–H groups in total. The van der Waals surface area contributed by atoms with E-state index in [0.29, 0.717) is 0 Å². The number of nitrogens with zero attached hydrogens (tertiary/aromatic N) is 2. The highest BCUT2D eigenvalue weighted by Crippen LogP contribution is 2.17. The topological polar surface area (TPSA) is 38.0 Å². The summed E-state index contributed by atoms with van der Waals surface area (Å²) < 4.78 is 1.76. The van der Waals surface area contributed by atoms with Crippen LogP contribution in [0, 0.1) is 0 Å². The predicted octanol–water partition coefficient (Wildman–Crippen LogP) is 2.61. The molecular weight excluding hydrogens is 200 g/mol. The van der Waals surface area contributed by atoms with Gasteiger partial charge in [0.15, 0.2) is 0 Å². The van der Waals surface area contributed by atoms with Crippen LogP contribution in [0.2, 0.25) is 0 Å². The van der Waals surface area contributed by atoms with Crippen molar-refractivity contribution in [3.8, 4) is 11.3 Å². The first-order valence-corrected chi connectivity index (χ1v) is 5.49. The Hall–Kier alpha value is -1.61. The van der Waals surface area contributed by atoms with E-state index in [2.05, 4.69) is 5.10 Å². The Kier molecular flexibility index (Phi) is 4.73. The van der Waals surface area contributed by atoms with Crippen molar-refractivity contribution in [2.24, 2.45) is 7.05 Å². The second kappa shape index (κ2) is 6.08. The summed E-state index contributed by atoms with van der Waals surface area (Å²) in [6.45, 7) is 4.07. The van der Waals surface area contributed by atoms with Gasteiger partial charge in [-0.3, -0.25) is 4.68 Å². The molecule has 3 nitrogen and oxygen atoms in total. The van der Waals surface area contributed by atoms with Gasteiger partial charge in [0.05, 0.1) is 12.3 Å². The quantitative estimate of drug-likeness (QED) is 0.841. The van der Waals surface area contributed by atoms with Crippen molar-refractivity contribution in [3.63, 3.8) is 0 Å². The molecule has 1 aromatic heterocycles. The Labute approximate surface area is 96.4 Å². The fraction of sp³-hybridized carbons (Fsp3) is 0.308. The largest absolute Gasteiger partial charge is 0.392 e. The normalized spacial score (nSPS) is 9.50. The summed E-state index contributed by atoms with van der Waals surface area (Å²) in [5.41, 5.74) is 2.88. The van der Waals surface area contributed by atoms with Crippen molar-refractivity contribution >= 4 is 0 Å². The molecule has 0 amide bonds. The van der Waals surface area contributed by atoms with E-state index in [9.17, 15) is 0 Å². The van der Waals surface area contributed by atoms with E-state index >= 15 is 0 Å². The number of aromatic nitrogens is 2. The number of hydrogen-bond donors (Lipinski definition) is 1. The molecule has 16 heavy (non-hydrogen) atoms. The molecule has 0 aliphatic carbocycles. The Balaban J connectivity index is 0.000000606. The average Bonchev–Trinajstić information content (AvgIpc) is 2.79. The first-order valence-electron chi connectivity index (χ1n) is 5.49. The van der Waals surface area contributed by atoms with E-state index in [1.165, 1.54) is 0 Å². The van der Waals surface area contributed by atoms with Gasteiger partial charge in [0, 0.05) is 18.8 Å². The van der Waals surface area contributed by atoms with E-state index in [1.54, 1.807) is 4.68 Å². The van der Waals surface area contributed by atoms with Crippen LogP contribution in [-0.4, -0.2) is 14.9 Å². The highest BCUT2D eigenvalue weighted by atomic mass is 16.3. The summed E-state index contributed by atoms with van der Waals surface area (Å²) in [7, 11) is 1.89. The number of aliphatic hydroxyl groups is 1. The number of aliphatic hydroxyl groups excluding tert-OH is 1. The lowest BCUT2D eigenvalue weighted by atomic mass is 10.1. The molecule has 0 aliphatic rings. The maximum Gasteiger partial charge on any atom is 0.0923 e. The number of benzene rings is 1. The minimum atomic E-state index is 0.0701. The van der Waals surface area contributed by atoms with Gasteiger partial charge < -0.3 is 5.11 Å². The lowest BCUT2D eigenvalue weighted by molar-refractivity contribution is 0.282. The van der Waals surface area contributed by atoms with Crippen molar-refractivity contribution in [1.82, 2.24) is 9.78 Å². The van der Waals surface area contributed by atoms with E-state index in [0.717, 1.165) is 16.8 Å². The lowest BCUT2D eigenvalue weighted by Gasteiger charge is -1.99. The van der Waals surface area contributed by atoms with Crippen LogP contribution in [0.3, 0.4) is 0 Å². The molecule has 0 atom stereocenters. The monoisotopic (exact) mass is 218 g/mol. The third-order valence-electron chi connectivity index (χ3n) is 2.12. The molecule has 0 saturated carbocycles. The van der Waals surface area contributed by atoms with Crippen LogP contribution in [-0.2, 0) is 13.7 Å². The molecule has 3 heteroatoms. The molecule has 1 heterocycles. The van der Waals surface area contributed by atoms with Gasteiger partial charge in [-0.1, -0.05) is 32.0 Å². The second-order valence-corrected chi connectivity index (χ2v) is 3.23. The van der Waals surface area contributed by atoms with Gasteiger partial charge in [-0.2, -0.15) is 5.10 Å². The Bertz CT molecular complexity index is 435. The summed E-state index contributed by atoms with van der Waals surface area (Å²) in [5, 5.41) is 13.3. The molecule has 2 aromatic rings. The van der Waals surface area contributed by atoms with Gasteiger partial charge in [-0.15, -0.1) is 0 Å². The SMILES string of the molecule is CC.Cn1ccc(-c2cccc(CO)c2)n1. The highest BCUT2D eigenvalue weighted by Gasteiger charge is 2.01. The first kappa shape index (κ1) is 12.5. The zero-order valence-electron chi connectivity index (χ0n) is 10.0.